The van der Waals surface area contributed by atoms with Gasteiger partial charge in [-0.05, 0) is 42.8 Å². The largest absolute Gasteiger partial charge is 0.501 e. The first-order chi connectivity index (χ1) is 15.9. The minimum atomic E-state index is -0.924. The Labute approximate surface area is 192 Å². The Morgan fingerprint density at radius 3 is 2.67 bits per heavy atom. The number of aliphatic hydroxyl groups excluding tert-OH is 1. The predicted octanol–water partition coefficient (Wildman–Crippen LogP) is 4.98. The number of amides is 1. The van der Waals surface area contributed by atoms with Crippen molar-refractivity contribution in [2.45, 2.75) is 13.3 Å². The second kappa shape index (κ2) is 9.33. The molecule has 0 bridgehead atoms. The minimum Gasteiger partial charge on any atom is -0.501 e. The zero-order valence-corrected chi connectivity index (χ0v) is 18.2. The molecular formula is C23H18ClF2N5O2. The first-order valence-corrected chi connectivity index (χ1v) is 10.4. The van der Waals surface area contributed by atoms with E-state index in [9.17, 15) is 18.7 Å². The molecule has 4 aromatic rings. The lowest BCUT2D eigenvalue weighted by Gasteiger charge is -2.23. The number of pyridine rings is 1. The quantitative estimate of drug-likeness (QED) is 0.318. The van der Waals surface area contributed by atoms with E-state index in [-0.39, 0.29) is 23.6 Å². The van der Waals surface area contributed by atoms with Crippen molar-refractivity contribution in [2.24, 2.45) is 0 Å². The molecule has 7 nitrogen and oxygen atoms in total. The molecule has 0 aliphatic heterocycles. The highest BCUT2D eigenvalue weighted by Crippen LogP contribution is 2.26. The van der Waals surface area contributed by atoms with Crippen molar-refractivity contribution < 1.29 is 18.7 Å². The summed E-state index contributed by atoms with van der Waals surface area (Å²) in [6.07, 6.45) is 3.00. The number of aliphatic hydroxyl groups is 1. The van der Waals surface area contributed by atoms with Crippen molar-refractivity contribution in [1.29, 1.82) is 0 Å². The molecule has 10 heteroatoms. The molecule has 0 saturated heterocycles. The second-order valence-electron chi connectivity index (χ2n) is 7.12. The number of benzene rings is 2. The highest BCUT2D eigenvalue weighted by atomic mass is 35.5. The van der Waals surface area contributed by atoms with E-state index in [1.807, 2.05) is 0 Å². The number of hydrogen-bond acceptors (Lipinski definition) is 5. The van der Waals surface area contributed by atoms with E-state index in [2.05, 4.69) is 15.1 Å². The van der Waals surface area contributed by atoms with E-state index in [1.54, 1.807) is 37.3 Å². The van der Waals surface area contributed by atoms with E-state index in [0.717, 1.165) is 22.4 Å². The van der Waals surface area contributed by atoms with E-state index in [0.29, 0.717) is 23.0 Å². The smallest absolute Gasteiger partial charge is 0.295 e. The SMILES string of the molecule is CCCN(C(=O)C(O)=C(c1ccc2cc(Cl)ccc2n1)n1cncn1)c1ccc(F)cc1F. The summed E-state index contributed by atoms with van der Waals surface area (Å²) in [7, 11) is 0. The van der Waals surface area contributed by atoms with E-state index >= 15 is 0 Å². The molecule has 0 spiro atoms. The van der Waals surface area contributed by atoms with Gasteiger partial charge in [-0.15, -0.1) is 0 Å². The molecule has 2 aromatic heterocycles. The molecule has 1 amide bonds. The maximum absolute atomic E-state index is 14.5. The molecule has 33 heavy (non-hydrogen) atoms. The lowest BCUT2D eigenvalue weighted by molar-refractivity contribution is -0.117. The van der Waals surface area contributed by atoms with Crippen LogP contribution in [0, 0.1) is 11.6 Å². The molecular weight excluding hydrogens is 452 g/mol. The van der Waals surface area contributed by atoms with Gasteiger partial charge in [-0.25, -0.2) is 23.4 Å². The van der Waals surface area contributed by atoms with Gasteiger partial charge in [0, 0.05) is 23.0 Å². The Morgan fingerprint density at radius 1 is 1.15 bits per heavy atom. The summed E-state index contributed by atoms with van der Waals surface area (Å²) in [6, 6.07) is 11.3. The van der Waals surface area contributed by atoms with Crippen molar-refractivity contribution in [2.75, 3.05) is 11.4 Å². The third-order valence-electron chi connectivity index (χ3n) is 4.86. The van der Waals surface area contributed by atoms with Gasteiger partial charge in [0.1, 0.15) is 30.0 Å². The van der Waals surface area contributed by atoms with Crippen LogP contribution in [0.15, 0.2) is 66.9 Å². The number of rotatable bonds is 6. The van der Waals surface area contributed by atoms with Crippen LogP contribution in [-0.2, 0) is 4.79 Å². The van der Waals surface area contributed by atoms with Crippen molar-refractivity contribution in [3.05, 3.63) is 89.3 Å². The molecule has 4 rings (SSSR count). The van der Waals surface area contributed by atoms with Crippen LogP contribution in [0.1, 0.15) is 19.0 Å². The lowest BCUT2D eigenvalue weighted by atomic mass is 10.1. The highest BCUT2D eigenvalue weighted by molar-refractivity contribution is 6.31. The van der Waals surface area contributed by atoms with Crippen LogP contribution in [0.5, 0.6) is 0 Å². The van der Waals surface area contributed by atoms with Crippen LogP contribution in [-0.4, -0.2) is 37.3 Å². The fourth-order valence-corrected chi connectivity index (χ4v) is 3.56. The zero-order chi connectivity index (χ0) is 23.5. The number of fused-ring (bicyclic) bond motifs is 1. The Bertz CT molecular complexity index is 1360. The third-order valence-corrected chi connectivity index (χ3v) is 5.10. The Morgan fingerprint density at radius 2 is 1.97 bits per heavy atom. The molecule has 0 unspecified atom stereocenters. The number of aromatic nitrogens is 4. The standard InChI is InChI=1S/C23H18ClF2N5O2/c1-2-9-30(20-8-5-16(25)11-17(20)26)23(33)22(32)21(31-13-27-12-28-31)19-6-3-14-10-15(24)4-7-18(14)29-19/h3-8,10-13,32H,2,9H2,1H3. The van der Waals surface area contributed by atoms with Crippen molar-refractivity contribution in [3.63, 3.8) is 0 Å². The predicted molar refractivity (Wildman–Crippen MR) is 121 cm³/mol. The minimum absolute atomic E-state index is 0.0435. The average molecular weight is 470 g/mol. The number of carbonyl (C=O) groups excluding carboxylic acids is 1. The number of nitrogens with zero attached hydrogens (tertiary/aromatic N) is 5. The van der Waals surface area contributed by atoms with Gasteiger partial charge in [0.15, 0.2) is 0 Å². The molecule has 0 saturated carbocycles. The van der Waals surface area contributed by atoms with E-state index < -0.39 is 23.3 Å². The highest BCUT2D eigenvalue weighted by Gasteiger charge is 2.27. The van der Waals surface area contributed by atoms with E-state index in [4.69, 9.17) is 11.6 Å². The number of carbonyl (C=O) groups is 1. The molecule has 2 aromatic carbocycles. The van der Waals surface area contributed by atoms with Gasteiger partial charge < -0.3 is 10.0 Å². The summed E-state index contributed by atoms with van der Waals surface area (Å²) in [5, 5.41) is 16.4. The molecule has 0 radical (unpaired) electrons. The van der Waals surface area contributed by atoms with E-state index in [1.165, 1.54) is 17.3 Å². The molecule has 0 atom stereocenters. The second-order valence-corrected chi connectivity index (χ2v) is 7.56. The monoisotopic (exact) mass is 469 g/mol. The first kappa shape index (κ1) is 22.3. The summed E-state index contributed by atoms with van der Waals surface area (Å²) in [5.41, 5.74) is 0.605. The van der Waals surface area contributed by atoms with Gasteiger partial charge in [0.25, 0.3) is 5.91 Å². The van der Waals surface area contributed by atoms with Crippen LogP contribution in [0.25, 0.3) is 16.6 Å². The molecule has 0 aliphatic rings. The average Bonchev–Trinajstić information content (AvgIpc) is 3.32. The molecule has 0 aliphatic carbocycles. The van der Waals surface area contributed by atoms with Crippen LogP contribution < -0.4 is 4.90 Å². The van der Waals surface area contributed by atoms with Crippen LogP contribution in [0.4, 0.5) is 14.5 Å². The number of anilines is 1. The zero-order valence-electron chi connectivity index (χ0n) is 17.4. The Balaban J connectivity index is 1.86. The first-order valence-electron chi connectivity index (χ1n) is 10.0. The molecule has 2 heterocycles. The van der Waals surface area contributed by atoms with Gasteiger partial charge in [0.05, 0.1) is 16.9 Å². The fourth-order valence-electron chi connectivity index (χ4n) is 3.38. The van der Waals surface area contributed by atoms with Gasteiger partial charge in [-0.3, -0.25) is 4.79 Å². The fraction of sp³-hybridized carbons (Fsp3) is 0.130. The third kappa shape index (κ3) is 4.54. The topological polar surface area (TPSA) is 84.1 Å². The molecule has 0 fully saturated rings. The van der Waals surface area contributed by atoms with Gasteiger partial charge in [-0.1, -0.05) is 24.6 Å². The molecule has 168 valence electrons. The Hall–Kier alpha value is -3.85. The summed E-state index contributed by atoms with van der Waals surface area (Å²) < 4.78 is 29.1. The summed E-state index contributed by atoms with van der Waals surface area (Å²) >= 11 is 6.04. The summed E-state index contributed by atoms with van der Waals surface area (Å²) in [6.45, 7) is 1.87. The van der Waals surface area contributed by atoms with Crippen molar-refractivity contribution in [1.82, 2.24) is 19.7 Å². The lowest BCUT2D eigenvalue weighted by Crippen LogP contribution is -2.34. The van der Waals surface area contributed by atoms with Crippen molar-refractivity contribution in [3.8, 4) is 0 Å². The normalized spacial score (nSPS) is 12.0. The van der Waals surface area contributed by atoms with Crippen molar-refractivity contribution >= 4 is 39.8 Å². The molecule has 1 N–H and O–H groups in total. The summed E-state index contributed by atoms with van der Waals surface area (Å²) in [4.78, 5) is 22.8. The van der Waals surface area contributed by atoms with Crippen LogP contribution in [0.3, 0.4) is 0 Å². The van der Waals surface area contributed by atoms with Gasteiger partial charge in [0.2, 0.25) is 5.76 Å². The maximum atomic E-state index is 14.5. The van der Waals surface area contributed by atoms with Crippen LogP contribution >= 0.6 is 11.6 Å². The maximum Gasteiger partial charge on any atom is 0.295 e. The van der Waals surface area contributed by atoms with Gasteiger partial charge >= 0.3 is 0 Å². The van der Waals surface area contributed by atoms with Crippen LogP contribution in [0.2, 0.25) is 5.02 Å². The number of hydrogen-bond donors (Lipinski definition) is 1. The Kier molecular flexibility index (Phi) is 6.32. The number of halogens is 3. The summed E-state index contributed by atoms with van der Waals surface area (Å²) in [5.74, 6) is -3.32. The van der Waals surface area contributed by atoms with Gasteiger partial charge in [-0.2, -0.15) is 5.10 Å².